The predicted octanol–water partition coefficient (Wildman–Crippen LogP) is 2.45. The van der Waals surface area contributed by atoms with Gasteiger partial charge in [0.05, 0.1) is 11.4 Å². The standard InChI is InChI=1S/C13H17ClN2OS/c1-2-10(8-12(15)18)16-13(17)7-9-5-3-4-6-11(9)14/h3-6,10H,2,7-8H2,1H3,(H2,15,18)(H,16,17). The lowest BCUT2D eigenvalue weighted by atomic mass is 10.1. The van der Waals surface area contributed by atoms with Crippen molar-refractivity contribution in [1.29, 1.82) is 0 Å². The van der Waals surface area contributed by atoms with E-state index in [1.165, 1.54) is 0 Å². The van der Waals surface area contributed by atoms with E-state index in [4.69, 9.17) is 29.6 Å². The molecule has 0 aromatic heterocycles. The Hall–Kier alpha value is -1.13. The number of nitrogens with one attached hydrogen (secondary N) is 1. The molecular formula is C13H17ClN2OS. The van der Waals surface area contributed by atoms with Gasteiger partial charge < -0.3 is 11.1 Å². The van der Waals surface area contributed by atoms with Gasteiger partial charge in [-0.3, -0.25) is 4.79 Å². The molecule has 18 heavy (non-hydrogen) atoms. The molecule has 0 aliphatic carbocycles. The molecule has 0 heterocycles. The lowest BCUT2D eigenvalue weighted by Gasteiger charge is -2.16. The number of benzene rings is 1. The van der Waals surface area contributed by atoms with E-state index in [1.807, 2.05) is 25.1 Å². The molecule has 1 atom stereocenters. The van der Waals surface area contributed by atoms with Crippen LogP contribution in [0.1, 0.15) is 25.3 Å². The zero-order valence-electron chi connectivity index (χ0n) is 10.3. The van der Waals surface area contributed by atoms with Gasteiger partial charge in [-0.05, 0) is 18.1 Å². The van der Waals surface area contributed by atoms with Crippen LogP contribution < -0.4 is 11.1 Å². The van der Waals surface area contributed by atoms with Crippen molar-refractivity contribution in [3.8, 4) is 0 Å². The van der Waals surface area contributed by atoms with Crippen molar-refractivity contribution < 1.29 is 4.79 Å². The quantitative estimate of drug-likeness (QED) is 0.789. The molecule has 1 rings (SSSR count). The number of thiocarbonyl (C=S) groups is 1. The van der Waals surface area contributed by atoms with E-state index in [-0.39, 0.29) is 18.4 Å². The summed E-state index contributed by atoms with van der Waals surface area (Å²) in [6.07, 6.45) is 1.60. The number of carbonyl (C=O) groups excluding carboxylic acids is 1. The van der Waals surface area contributed by atoms with Gasteiger partial charge in [-0.25, -0.2) is 0 Å². The van der Waals surface area contributed by atoms with Gasteiger partial charge in [0.2, 0.25) is 5.91 Å². The summed E-state index contributed by atoms with van der Waals surface area (Å²) in [5.74, 6) is -0.0637. The van der Waals surface area contributed by atoms with Gasteiger partial charge in [0.1, 0.15) is 0 Å². The van der Waals surface area contributed by atoms with E-state index in [0.29, 0.717) is 16.4 Å². The molecule has 98 valence electrons. The number of carbonyl (C=O) groups is 1. The van der Waals surface area contributed by atoms with Gasteiger partial charge in [-0.2, -0.15) is 0 Å². The first kappa shape index (κ1) is 14.9. The first-order valence-corrected chi connectivity index (χ1v) is 6.62. The summed E-state index contributed by atoms with van der Waals surface area (Å²) < 4.78 is 0. The Labute approximate surface area is 118 Å². The zero-order valence-corrected chi connectivity index (χ0v) is 11.9. The highest BCUT2D eigenvalue weighted by atomic mass is 35.5. The van der Waals surface area contributed by atoms with E-state index in [9.17, 15) is 4.79 Å². The van der Waals surface area contributed by atoms with Crippen LogP contribution in [0.5, 0.6) is 0 Å². The lowest BCUT2D eigenvalue weighted by molar-refractivity contribution is -0.121. The van der Waals surface area contributed by atoms with Gasteiger partial charge in [0.25, 0.3) is 0 Å². The summed E-state index contributed by atoms with van der Waals surface area (Å²) in [4.78, 5) is 12.3. The normalized spacial score (nSPS) is 11.9. The highest BCUT2D eigenvalue weighted by Gasteiger charge is 2.12. The van der Waals surface area contributed by atoms with Gasteiger partial charge in [-0.1, -0.05) is 48.9 Å². The van der Waals surface area contributed by atoms with Crippen molar-refractivity contribution in [2.45, 2.75) is 32.2 Å². The van der Waals surface area contributed by atoms with Gasteiger partial charge >= 0.3 is 0 Å². The number of hydrogen-bond donors (Lipinski definition) is 2. The highest BCUT2D eigenvalue weighted by molar-refractivity contribution is 7.80. The molecule has 3 N–H and O–H groups in total. The largest absolute Gasteiger partial charge is 0.393 e. The van der Waals surface area contributed by atoms with Gasteiger partial charge in [-0.15, -0.1) is 0 Å². The molecule has 5 heteroatoms. The monoisotopic (exact) mass is 284 g/mol. The maximum atomic E-state index is 11.9. The number of hydrogen-bond acceptors (Lipinski definition) is 2. The Bertz CT molecular complexity index is 437. The number of nitrogens with two attached hydrogens (primary N) is 1. The summed E-state index contributed by atoms with van der Waals surface area (Å²) in [7, 11) is 0. The summed E-state index contributed by atoms with van der Waals surface area (Å²) in [6, 6.07) is 7.32. The molecule has 0 saturated heterocycles. The molecule has 0 spiro atoms. The molecular weight excluding hydrogens is 268 g/mol. The summed E-state index contributed by atoms with van der Waals surface area (Å²) in [5.41, 5.74) is 6.30. The Morgan fingerprint density at radius 1 is 1.50 bits per heavy atom. The van der Waals surface area contributed by atoms with E-state index in [2.05, 4.69) is 5.32 Å². The van der Waals surface area contributed by atoms with Crippen LogP contribution in [0.2, 0.25) is 5.02 Å². The number of amides is 1. The third-order valence-corrected chi connectivity index (χ3v) is 3.15. The maximum absolute atomic E-state index is 11.9. The van der Waals surface area contributed by atoms with Crippen molar-refractivity contribution >= 4 is 34.7 Å². The Morgan fingerprint density at radius 3 is 2.72 bits per heavy atom. The minimum atomic E-state index is -0.0637. The minimum absolute atomic E-state index is 0.00233. The van der Waals surface area contributed by atoms with E-state index >= 15 is 0 Å². The van der Waals surface area contributed by atoms with Crippen LogP contribution in [0.3, 0.4) is 0 Å². The Balaban J connectivity index is 2.55. The van der Waals surface area contributed by atoms with E-state index in [1.54, 1.807) is 6.07 Å². The molecule has 1 unspecified atom stereocenters. The second kappa shape index (κ2) is 7.34. The molecule has 0 fully saturated rings. The molecule has 1 aromatic carbocycles. The lowest BCUT2D eigenvalue weighted by Crippen LogP contribution is -2.37. The van der Waals surface area contributed by atoms with Crippen molar-refractivity contribution in [3.05, 3.63) is 34.9 Å². The third-order valence-electron chi connectivity index (χ3n) is 2.61. The third kappa shape index (κ3) is 5.02. The fourth-order valence-electron chi connectivity index (χ4n) is 1.63. The predicted molar refractivity (Wildman–Crippen MR) is 78.8 cm³/mol. The molecule has 1 aromatic rings. The molecule has 0 aliphatic heterocycles. The van der Waals surface area contributed by atoms with Crippen molar-refractivity contribution in [3.63, 3.8) is 0 Å². The van der Waals surface area contributed by atoms with Crippen LogP contribution in [0, 0.1) is 0 Å². The van der Waals surface area contributed by atoms with Crippen molar-refractivity contribution in [2.75, 3.05) is 0 Å². The molecule has 0 bridgehead atoms. The van der Waals surface area contributed by atoms with Crippen LogP contribution in [-0.2, 0) is 11.2 Å². The van der Waals surface area contributed by atoms with E-state index in [0.717, 1.165) is 12.0 Å². The van der Waals surface area contributed by atoms with Crippen LogP contribution in [0.15, 0.2) is 24.3 Å². The molecule has 0 radical (unpaired) electrons. The smallest absolute Gasteiger partial charge is 0.224 e. The number of halogens is 1. The average Bonchev–Trinajstić information content (AvgIpc) is 2.30. The van der Waals surface area contributed by atoms with Crippen LogP contribution in [0.4, 0.5) is 0 Å². The summed E-state index contributed by atoms with van der Waals surface area (Å²) in [5, 5.41) is 3.52. The SMILES string of the molecule is CCC(CC(N)=S)NC(=O)Cc1ccccc1Cl. The van der Waals surface area contributed by atoms with Crippen molar-refractivity contribution in [2.24, 2.45) is 5.73 Å². The molecule has 3 nitrogen and oxygen atoms in total. The van der Waals surface area contributed by atoms with Crippen molar-refractivity contribution in [1.82, 2.24) is 5.32 Å². The molecule has 1 amide bonds. The van der Waals surface area contributed by atoms with Crippen LogP contribution >= 0.6 is 23.8 Å². The first-order valence-electron chi connectivity index (χ1n) is 5.84. The zero-order chi connectivity index (χ0) is 13.5. The maximum Gasteiger partial charge on any atom is 0.224 e. The summed E-state index contributed by atoms with van der Waals surface area (Å²) >= 11 is 10.8. The topological polar surface area (TPSA) is 55.1 Å². The van der Waals surface area contributed by atoms with E-state index < -0.39 is 0 Å². The van der Waals surface area contributed by atoms with Gasteiger partial charge in [0.15, 0.2) is 0 Å². The highest BCUT2D eigenvalue weighted by Crippen LogP contribution is 2.15. The first-order chi connectivity index (χ1) is 8.52. The minimum Gasteiger partial charge on any atom is -0.393 e. The molecule has 0 aliphatic rings. The van der Waals surface area contributed by atoms with Crippen LogP contribution in [0.25, 0.3) is 0 Å². The fourth-order valence-corrected chi connectivity index (χ4v) is 2.04. The van der Waals surface area contributed by atoms with Gasteiger partial charge in [0, 0.05) is 17.5 Å². The Morgan fingerprint density at radius 2 is 2.17 bits per heavy atom. The Kier molecular flexibility index (Phi) is 6.09. The second-order valence-corrected chi connectivity index (χ2v) is 5.04. The second-order valence-electron chi connectivity index (χ2n) is 4.11. The average molecular weight is 285 g/mol. The number of rotatable bonds is 6. The van der Waals surface area contributed by atoms with Crippen LogP contribution in [-0.4, -0.2) is 16.9 Å². The fraction of sp³-hybridized carbons (Fsp3) is 0.385. The molecule has 0 saturated carbocycles. The summed E-state index contributed by atoms with van der Waals surface area (Å²) in [6.45, 7) is 1.98.